The molecule has 1 fully saturated rings. The number of amides is 1. The fraction of sp³-hybridized carbons (Fsp3) is 0.611. The van der Waals surface area contributed by atoms with E-state index in [9.17, 15) is 9.90 Å². The zero-order valence-corrected chi connectivity index (χ0v) is 16.3. The molecule has 1 heterocycles. The lowest BCUT2D eigenvalue weighted by Gasteiger charge is -2.37. The van der Waals surface area contributed by atoms with E-state index in [1.807, 2.05) is 18.2 Å². The molecule has 1 aliphatic heterocycles. The number of hydrogen-bond acceptors (Lipinski definition) is 4. The minimum Gasteiger partial charge on any atom is -0.415 e. The Labute approximate surface area is 145 Å². The van der Waals surface area contributed by atoms with Crippen molar-refractivity contribution in [2.45, 2.75) is 57.5 Å². The fourth-order valence-electron chi connectivity index (χ4n) is 2.44. The number of aliphatic hydroxyl groups excluding tert-OH is 1. The third-order valence-corrected chi connectivity index (χ3v) is 9.52. The van der Waals surface area contributed by atoms with E-state index >= 15 is 0 Å². The minimum absolute atomic E-state index is 0.111. The minimum atomic E-state index is -1.89. The Balaban J connectivity index is 1.99. The van der Waals surface area contributed by atoms with Crippen molar-refractivity contribution in [1.82, 2.24) is 4.90 Å². The maximum atomic E-state index is 12.4. The number of aliphatic hydroxyl groups is 1. The van der Waals surface area contributed by atoms with Gasteiger partial charge in [0.05, 0.1) is 25.3 Å². The lowest BCUT2D eigenvalue weighted by molar-refractivity contribution is 0.123. The third kappa shape index (κ3) is 4.59. The number of benzene rings is 1. The Hall–Kier alpha value is -1.37. The zero-order valence-electron chi connectivity index (χ0n) is 15.3. The van der Waals surface area contributed by atoms with Gasteiger partial charge in [-0.1, -0.05) is 39.0 Å². The average Bonchev–Trinajstić information content (AvgIpc) is 2.86. The van der Waals surface area contributed by atoms with Gasteiger partial charge in [-0.2, -0.15) is 0 Å². The Kier molecular flexibility index (Phi) is 5.73. The first-order valence-electron chi connectivity index (χ1n) is 8.46. The molecule has 0 saturated carbocycles. The molecular weight excluding hydrogens is 322 g/mol. The summed E-state index contributed by atoms with van der Waals surface area (Å²) in [7, 11) is -1.89. The highest BCUT2D eigenvalue weighted by molar-refractivity contribution is 6.74. The van der Waals surface area contributed by atoms with Gasteiger partial charge in [-0.05, 0) is 36.7 Å². The molecule has 0 aliphatic carbocycles. The second-order valence-electron chi connectivity index (χ2n) is 7.95. The van der Waals surface area contributed by atoms with Gasteiger partial charge in [0.2, 0.25) is 0 Å². The number of carbonyl (C=O) groups is 1. The van der Waals surface area contributed by atoms with Crippen molar-refractivity contribution in [2.24, 2.45) is 0 Å². The van der Waals surface area contributed by atoms with Gasteiger partial charge in [-0.3, -0.25) is 4.90 Å². The van der Waals surface area contributed by atoms with Crippen molar-refractivity contribution in [3.05, 3.63) is 30.3 Å². The highest BCUT2D eigenvalue weighted by Gasteiger charge is 2.41. The van der Waals surface area contributed by atoms with E-state index in [-0.39, 0.29) is 17.6 Å². The van der Waals surface area contributed by atoms with Crippen LogP contribution in [0.25, 0.3) is 0 Å². The number of nitrogens with zero attached hydrogens (tertiary/aromatic N) is 1. The van der Waals surface area contributed by atoms with Crippen LogP contribution in [0.5, 0.6) is 5.75 Å². The molecule has 0 bridgehead atoms. The van der Waals surface area contributed by atoms with Crippen LogP contribution in [0.2, 0.25) is 18.1 Å². The zero-order chi connectivity index (χ0) is 18.0. The summed E-state index contributed by atoms with van der Waals surface area (Å²) < 4.78 is 11.6. The predicted octanol–water partition coefficient (Wildman–Crippen LogP) is 3.64. The van der Waals surface area contributed by atoms with Gasteiger partial charge in [-0.25, -0.2) is 4.79 Å². The summed E-state index contributed by atoms with van der Waals surface area (Å²) in [6.07, 6.45) is -0.429. The van der Waals surface area contributed by atoms with Crippen molar-refractivity contribution in [3.63, 3.8) is 0 Å². The Bertz CT molecular complexity index is 556. The third-order valence-electron chi connectivity index (χ3n) is 5.02. The van der Waals surface area contributed by atoms with Crippen LogP contribution in [-0.2, 0) is 4.43 Å². The van der Waals surface area contributed by atoms with E-state index in [1.54, 1.807) is 17.0 Å². The van der Waals surface area contributed by atoms with Crippen LogP contribution in [0.15, 0.2) is 30.3 Å². The molecule has 0 aromatic heterocycles. The molecule has 1 saturated heterocycles. The smallest absolute Gasteiger partial charge is 0.415 e. The first-order chi connectivity index (χ1) is 11.1. The van der Waals surface area contributed by atoms with Gasteiger partial charge >= 0.3 is 6.09 Å². The molecule has 0 radical (unpaired) electrons. The molecule has 2 atom stereocenters. The number of para-hydroxylation sites is 1. The van der Waals surface area contributed by atoms with Crippen molar-refractivity contribution in [2.75, 3.05) is 13.2 Å². The summed E-state index contributed by atoms with van der Waals surface area (Å²) in [5, 5.41) is 10.1. The summed E-state index contributed by atoms with van der Waals surface area (Å²) in [5.74, 6) is 0.507. The first kappa shape index (κ1) is 19.0. The van der Waals surface area contributed by atoms with E-state index in [1.165, 1.54) is 0 Å². The van der Waals surface area contributed by atoms with Gasteiger partial charge in [0.25, 0.3) is 0 Å². The van der Waals surface area contributed by atoms with E-state index in [4.69, 9.17) is 9.16 Å². The fourth-order valence-corrected chi connectivity index (χ4v) is 3.48. The molecule has 5 nitrogen and oxygen atoms in total. The van der Waals surface area contributed by atoms with Crippen molar-refractivity contribution in [1.29, 1.82) is 0 Å². The lowest BCUT2D eigenvalue weighted by atomic mass is 10.2. The number of carbonyl (C=O) groups excluding carboxylic acids is 1. The van der Waals surface area contributed by atoms with E-state index in [2.05, 4.69) is 33.9 Å². The molecule has 1 amide bonds. The monoisotopic (exact) mass is 351 g/mol. The molecule has 1 N–H and O–H groups in total. The maximum absolute atomic E-state index is 12.4. The van der Waals surface area contributed by atoms with Crippen LogP contribution in [0.1, 0.15) is 27.2 Å². The van der Waals surface area contributed by atoms with Crippen LogP contribution in [0, 0.1) is 0 Å². The highest BCUT2D eigenvalue weighted by atomic mass is 28.4. The SMILES string of the molecule is CC(C)(C)[Si](C)(C)OC[C@@H]1C[C@@H](O)CN1C(=O)Oc1ccccc1. The van der Waals surface area contributed by atoms with Crippen LogP contribution >= 0.6 is 0 Å². The average molecular weight is 352 g/mol. The first-order valence-corrected chi connectivity index (χ1v) is 11.4. The number of rotatable bonds is 4. The van der Waals surface area contributed by atoms with Crippen molar-refractivity contribution >= 4 is 14.4 Å². The quantitative estimate of drug-likeness (QED) is 0.841. The van der Waals surface area contributed by atoms with E-state index in [0.29, 0.717) is 18.8 Å². The molecule has 0 unspecified atom stereocenters. The maximum Gasteiger partial charge on any atom is 0.415 e. The standard InChI is InChI=1S/C18H29NO4Si/c1-18(2,3)24(4,5)22-13-14-11-15(20)12-19(14)17(21)23-16-9-7-6-8-10-16/h6-10,14-15,20H,11-13H2,1-5H3/t14-,15+/m0/s1. The number of β-amino-alcohol motifs (C(OH)–C–C–N with tert-alkyl or cyclic N) is 1. The number of likely N-dealkylation sites (tertiary alicyclic amines) is 1. The molecule has 134 valence electrons. The molecule has 1 aromatic rings. The van der Waals surface area contributed by atoms with Crippen LogP contribution in [-0.4, -0.2) is 49.7 Å². The second-order valence-corrected chi connectivity index (χ2v) is 12.8. The van der Waals surface area contributed by atoms with E-state index < -0.39 is 20.5 Å². The summed E-state index contributed by atoms with van der Waals surface area (Å²) in [5.41, 5.74) is 0. The van der Waals surface area contributed by atoms with Gasteiger partial charge in [0.1, 0.15) is 5.75 Å². The predicted molar refractivity (Wildman–Crippen MR) is 96.7 cm³/mol. The number of ether oxygens (including phenoxy) is 1. The van der Waals surface area contributed by atoms with Gasteiger partial charge in [0.15, 0.2) is 8.32 Å². The van der Waals surface area contributed by atoms with E-state index in [0.717, 1.165) is 0 Å². The number of hydrogen-bond donors (Lipinski definition) is 1. The topological polar surface area (TPSA) is 59.0 Å². The Morgan fingerprint density at radius 3 is 2.50 bits per heavy atom. The molecular formula is C18H29NO4Si. The largest absolute Gasteiger partial charge is 0.415 e. The summed E-state index contributed by atoms with van der Waals surface area (Å²) in [6, 6.07) is 8.84. The Morgan fingerprint density at radius 1 is 1.29 bits per heavy atom. The highest BCUT2D eigenvalue weighted by Crippen LogP contribution is 2.37. The van der Waals surface area contributed by atoms with Gasteiger partial charge < -0.3 is 14.3 Å². The summed E-state index contributed by atoms with van der Waals surface area (Å²) in [4.78, 5) is 14.0. The molecule has 0 spiro atoms. The van der Waals surface area contributed by atoms with Crippen molar-refractivity contribution < 1.29 is 19.1 Å². The Morgan fingerprint density at radius 2 is 1.92 bits per heavy atom. The van der Waals surface area contributed by atoms with Gasteiger partial charge in [-0.15, -0.1) is 0 Å². The van der Waals surface area contributed by atoms with Crippen LogP contribution in [0.4, 0.5) is 4.79 Å². The molecule has 1 aliphatic rings. The van der Waals surface area contributed by atoms with Crippen molar-refractivity contribution in [3.8, 4) is 5.75 Å². The summed E-state index contributed by atoms with van der Waals surface area (Å²) in [6.45, 7) is 11.7. The van der Waals surface area contributed by atoms with Crippen LogP contribution < -0.4 is 4.74 Å². The normalized spacial score (nSPS) is 21.8. The molecule has 6 heteroatoms. The van der Waals surface area contributed by atoms with Gasteiger partial charge in [0, 0.05) is 0 Å². The summed E-state index contributed by atoms with van der Waals surface area (Å²) >= 11 is 0. The van der Waals surface area contributed by atoms with Crippen LogP contribution in [0.3, 0.4) is 0 Å². The lowest BCUT2D eigenvalue weighted by Crippen LogP contribution is -2.46. The molecule has 1 aromatic carbocycles. The molecule has 24 heavy (non-hydrogen) atoms. The molecule has 2 rings (SSSR count). The second kappa shape index (κ2) is 7.25.